The number of likely N-dealkylation sites (tertiary alicyclic amines) is 1. The second kappa shape index (κ2) is 4.33. The predicted molar refractivity (Wildman–Crippen MR) is 58.5 cm³/mol. The Morgan fingerprint density at radius 2 is 2.40 bits per heavy atom. The first kappa shape index (κ1) is 10.6. The molecule has 15 heavy (non-hydrogen) atoms. The Morgan fingerprint density at radius 3 is 3.00 bits per heavy atom. The Morgan fingerprint density at radius 1 is 1.60 bits per heavy atom. The van der Waals surface area contributed by atoms with Gasteiger partial charge in [-0.1, -0.05) is 0 Å². The lowest BCUT2D eigenvalue weighted by molar-refractivity contribution is 0.0656. The van der Waals surface area contributed by atoms with Crippen molar-refractivity contribution >= 4 is 0 Å². The van der Waals surface area contributed by atoms with Crippen molar-refractivity contribution in [1.82, 2.24) is 14.7 Å². The van der Waals surface area contributed by atoms with Gasteiger partial charge in [0.1, 0.15) is 0 Å². The van der Waals surface area contributed by atoms with Crippen LogP contribution in [0.25, 0.3) is 0 Å². The van der Waals surface area contributed by atoms with Crippen molar-refractivity contribution in [2.75, 3.05) is 13.1 Å². The Labute approximate surface area is 90.5 Å². The third-order valence-electron chi connectivity index (χ3n) is 2.97. The Balaban J connectivity index is 1.99. The number of aromatic nitrogens is 2. The molecule has 2 rings (SSSR count). The average Bonchev–Trinajstić information content (AvgIpc) is 2.45. The number of aliphatic hydroxyl groups is 1. The topological polar surface area (TPSA) is 41.3 Å². The summed E-state index contributed by atoms with van der Waals surface area (Å²) >= 11 is 0. The maximum atomic E-state index is 9.57. The molecule has 1 aliphatic rings. The highest BCUT2D eigenvalue weighted by Gasteiger charge is 2.18. The molecule has 1 aromatic rings. The summed E-state index contributed by atoms with van der Waals surface area (Å²) in [5.41, 5.74) is 2.28. The fourth-order valence-corrected chi connectivity index (χ4v) is 2.22. The first-order chi connectivity index (χ1) is 7.15. The van der Waals surface area contributed by atoms with E-state index in [0.29, 0.717) is 0 Å². The number of aliphatic hydroxyl groups excluding tert-OH is 1. The second-order valence-corrected chi connectivity index (χ2v) is 4.43. The molecule has 2 heterocycles. The highest BCUT2D eigenvalue weighted by Crippen LogP contribution is 2.13. The van der Waals surface area contributed by atoms with Gasteiger partial charge in [-0.2, -0.15) is 5.10 Å². The van der Waals surface area contributed by atoms with Crippen molar-refractivity contribution in [3.05, 3.63) is 17.5 Å². The quantitative estimate of drug-likeness (QED) is 0.779. The normalized spacial score (nSPS) is 23.3. The van der Waals surface area contributed by atoms with E-state index in [0.717, 1.165) is 38.2 Å². The van der Waals surface area contributed by atoms with Crippen molar-refractivity contribution in [1.29, 1.82) is 0 Å². The van der Waals surface area contributed by atoms with Crippen LogP contribution in [0.4, 0.5) is 0 Å². The molecule has 84 valence electrons. The van der Waals surface area contributed by atoms with E-state index in [1.165, 1.54) is 5.69 Å². The molecule has 1 aliphatic heterocycles. The fourth-order valence-electron chi connectivity index (χ4n) is 2.22. The van der Waals surface area contributed by atoms with Gasteiger partial charge in [-0.05, 0) is 32.4 Å². The number of β-amino-alcohol motifs (C(OH)–C–C–N with tert-alkyl or cyclic N) is 1. The van der Waals surface area contributed by atoms with Crippen molar-refractivity contribution in [3.63, 3.8) is 0 Å². The highest BCUT2D eigenvalue weighted by atomic mass is 16.3. The van der Waals surface area contributed by atoms with Crippen LogP contribution in [0.1, 0.15) is 24.2 Å². The number of aryl methyl sites for hydroxylation is 2. The predicted octanol–water partition coefficient (Wildman–Crippen LogP) is 0.685. The fraction of sp³-hybridized carbons (Fsp3) is 0.727. The van der Waals surface area contributed by atoms with Gasteiger partial charge in [0.2, 0.25) is 0 Å². The molecule has 0 spiro atoms. The molecular formula is C11H19N3O. The van der Waals surface area contributed by atoms with E-state index < -0.39 is 0 Å². The number of piperidine rings is 1. The molecule has 0 unspecified atom stereocenters. The Kier molecular flexibility index (Phi) is 3.07. The average molecular weight is 209 g/mol. The van der Waals surface area contributed by atoms with Crippen LogP contribution in [0.3, 0.4) is 0 Å². The third kappa shape index (κ3) is 2.58. The van der Waals surface area contributed by atoms with Crippen LogP contribution >= 0.6 is 0 Å². The van der Waals surface area contributed by atoms with E-state index in [9.17, 15) is 5.11 Å². The van der Waals surface area contributed by atoms with Crippen LogP contribution in [0.15, 0.2) is 6.07 Å². The molecule has 0 amide bonds. The minimum Gasteiger partial charge on any atom is -0.392 e. The summed E-state index contributed by atoms with van der Waals surface area (Å²) in [6.07, 6.45) is 1.90. The van der Waals surface area contributed by atoms with Crippen LogP contribution in [0.2, 0.25) is 0 Å². The Bertz CT molecular complexity index is 335. The minimum atomic E-state index is -0.145. The molecule has 4 nitrogen and oxygen atoms in total. The number of hydrogen-bond acceptors (Lipinski definition) is 3. The monoisotopic (exact) mass is 209 g/mol. The first-order valence-corrected chi connectivity index (χ1v) is 5.55. The number of hydrogen-bond donors (Lipinski definition) is 1. The maximum absolute atomic E-state index is 9.57. The molecule has 1 saturated heterocycles. The number of rotatable bonds is 2. The third-order valence-corrected chi connectivity index (χ3v) is 2.97. The van der Waals surface area contributed by atoms with E-state index in [2.05, 4.69) is 16.1 Å². The number of nitrogens with zero attached hydrogens (tertiary/aromatic N) is 3. The van der Waals surface area contributed by atoms with E-state index in [4.69, 9.17) is 0 Å². The summed E-state index contributed by atoms with van der Waals surface area (Å²) in [6, 6.07) is 2.11. The van der Waals surface area contributed by atoms with E-state index in [1.807, 2.05) is 18.7 Å². The van der Waals surface area contributed by atoms with Gasteiger partial charge >= 0.3 is 0 Å². The van der Waals surface area contributed by atoms with Crippen molar-refractivity contribution in [2.24, 2.45) is 7.05 Å². The zero-order chi connectivity index (χ0) is 10.8. The molecule has 0 aliphatic carbocycles. The molecule has 0 aromatic carbocycles. The van der Waals surface area contributed by atoms with Crippen molar-refractivity contribution in [3.8, 4) is 0 Å². The van der Waals surface area contributed by atoms with E-state index in [-0.39, 0.29) is 6.10 Å². The van der Waals surface area contributed by atoms with Gasteiger partial charge in [-0.15, -0.1) is 0 Å². The van der Waals surface area contributed by atoms with Gasteiger partial charge in [0.05, 0.1) is 17.5 Å². The Hall–Kier alpha value is -0.870. The summed E-state index contributed by atoms with van der Waals surface area (Å²) in [5, 5.41) is 13.9. The largest absolute Gasteiger partial charge is 0.392 e. The van der Waals surface area contributed by atoms with Crippen LogP contribution < -0.4 is 0 Å². The molecule has 1 atom stereocenters. The zero-order valence-electron chi connectivity index (χ0n) is 9.48. The summed E-state index contributed by atoms with van der Waals surface area (Å²) in [7, 11) is 1.97. The molecule has 1 fully saturated rings. The SMILES string of the molecule is Cc1cc(CN2CCC[C@H](O)C2)n(C)n1. The van der Waals surface area contributed by atoms with Gasteiger partial charge in [0.25, 0.3) is 0 Å². The summed E-state index contributed by atoms with van der Waals surface area (Å²) in [6.45, 7) is 4.79. The standard InChI is InChI=1S/C11H19N3O/c1-9-6-10(13(2)12-9)7-14-5-3-4-11(15)8-14/h6,11,15H,3-5,7-8H2,1-2H3/t11-/m0/s1. The molecule has 0 radical (unpaired) electrons. The first-order valence-electron chi connectivity index (χ1n) is 5.55. The smallest absolute Gasteiger partial charge is 0.0667 e. The zero-order valence-corrected chi connectivity index (χ0v) is 9.48. The molecule has 1 N–H and O–H groups in total. The molecule has 0 saturated carbocycles. The van der Waals surface area contributed by atoms with Crippen molar-refractivity contribution in [2.45, 2.75) is 32.4 Å². The van der Waals surface area contributed by atoms with Gasteiger partial charge in [0.15, 0.2) is 0 Å². The lowest BCUT2D eigenvalue weighted by Crippen LogP contribution is -2.38. The summed E-state index contributed by atoms with van der Waals surface area (Å²) in [4.78, 5) is 2.30. The van der Waals surface area contributed by atoms with Crippen LogP contribution in [-0.2, 0) is 13.6 Å². The molecule has 0 bridgehead atoms. The van der Waals surface area contributed by atoms with Gasteiger partial charge in [-0.25, -0.2) is 0 Å². The van der Waals surface area contributed by atoms with Gasteiger partial charge in [0, 0.05) is 20.1 Å². The highest BCUT2D eigenvalue weighted by molar-refractivity contribution is 5.08. The van der Waals surface area contributed by atoms with E-state index >= 15 is 0 Å². The van der Waals surface area contributed by atoms with E-state index in [1.54, 1.807) is 0 Å². The van der Waals surface area contributed by atoms with Crippen LogP contribution in [-0.4, -0.2) is 39.0 Å². The maximum Gasteiger partial charge on any atom is 0.0667 e. The van der Waals surface area contributed by atoms with Crippen LogP contribution in [0.5, 0.6) is 0 Å². The second-order valence-electron chi connectivity index (χ2n) is 4.43. The van der Waals surface area contributed by atoms with Crippen molar-refractivity contribution < 1.29 is 5.11 Å². The minimum absolute atomic E-state index is 0.145. The molecule has 1 aromatic heterocycles. The lowest BCUT2D eigenvalue weighted by Gasteiger charge is -2.29. The lowest BCUT2D eigenvalue weighted by atomic mass is 10.1. The summed E-state index contributed by atoms with van der Waals surface area (Å²) in [5.74, 6) is 0. The van der Waals surface area contributed by atoms with Crippen LogP contribution in [0, 0.1) is 6.92 Å². The molecule has 4 heteroatoms. The van der Waals surface area contributed by atoms with Gasteiger partial charge < -0.3 is 5.11 Å². The van der Waals surface area contributed by atoms with Gasteiger partial charge in [-0.3, -0.25) is 9.58 Å². The summed E-state index contributed by atoms with van der Waals surface area (Å²) < 4.78 is 1.93. The molecular weight excluding hydrogens is 190 g/mol.